The van der Waals surface area contributed by atoms with Crippen molar-refractivity contribution in [2.75, 3.05) is 45.2 Å². The second-order valence-corrected chi connectivity index (χ2v) is 8.91. The van der Waals surface area contributed by atoms with Gasteiger partial charge in [-0.2, -0.15) is 0 Å². The molecule has 1 aliphatic heterocycles. The minimum atomic E-state index is -0.135. The first-order chi connectivity index (χ1) is 16.0. The number of likely N-dealkylation sites (N-methyl/N-ethyl adjacent to an activating group) is 1. The summed E-state index contributed by atoms with van der Waals surface area (Å²) in [7, 11) is 2.17. The van der Waals surface area contributed by atoms with Crippen LogP contribution in [0.25, 0.3) is 10.9 Å². The number of ether oxygens (including phenoxy) is 1. The maximum absolute atomic E-state index is 12.8. The monoisotopic (exact) mass is 446 g/mol. The minimum Gasteiger partial charge on any atom is -0.494 e. The molecule has 2 heterocycles. The zero-order chi connectivity index (χ0) is 23.2. The zero-order valence-electron chi connectivity index (χ0n) is 19.9. The molecule has 0 bridgehead atoms. The van der Waals surface area contributed by atoms with Gasteiger partial charge in [0, 0.05) is 55.6 Å². The number of anilines is 1. The summed E-state index contributed by atoms with van der Waals surface area (Å²) in [4.78, 5) is 22.4. The molecular weight excluding hydrogens is 412 g/mol. The fraction of sp³-hybridized carbons (Fsp3) is 0.407. The number of aromatic nitrogens is 1. The third-order valence-corrected chi connectivity index (χ3v) is 6.30. The average molecular weight is 447 g/mol. The van der Waals surface area contributed by atoms with E-state index in [0.717, 1.165) is 73.5 Å². The molecule has 0 aliphatic carbocycles. The molecule has 0 unspecified atom stereocenters. The van der Waals surface area contributed by atoms with Gasteiger partial charge in [0.1, 0.15) is 5.75 Å². The number of aryl methyl sites for hydroxylation is 1. The Bertz CT molecular complexity index is 1090. The van der Waals surface area contributed by atoms with Gasteiger partial charge >= 0.3 is 0 Å². The molecule has 1 amide bonds. The predicted octanol–water partition coefficient (Wildman–Crippen LogP) is 4.72. The molecule has 2 aromatic carbocycles. The van der Waals surface area contributed by atoms with Crippen LogP contribution in [-0.2, 0) is 6.54 Å². The van der Waals surface area contributed by atoms with E-state index in [4.69, 9.17) is 9.72 Å². The molecule has 0 radical (unpaired) electrons. The van der Waals surface area contributed by atoms with Crippen molar-refractivity contribution >= 4 is 22.5 Å². The van der Waals surface area contributed by atoms with Gasteiger partial charge in [0.2, 0.25) is 0 Å². The first kappa shape index (κ1) is 23.2. The van der Waals surface area contributed by atoms with Gasteiger partial charge < -0.3 is 15.0 Å². The lowest BCUT2D eigenvalue weighted by Gasteiger charge is -2.32. The predicted molar refractivity (Wildman–Crippen MR) is 134 cm³/mol. The lowest BCUT2D eigenvalue weighted by molar-refractivity contribution is 0.102. The molecule has 1 saturated heterocycles. The van der Waals surface area contributed by atoms with Gasteiger partial charge in [0.15, 0.2) is 0 Å². The molecule has 6 nitrogen and oxygen atoms in total. The third-order valence-electron chi connectivity index (χ3n) is 6.30. The molecule has 174 valence electrons. The van der Waals surface area contributed by atoms with Crippen molar-refractivity contribution in [1.82, 2.24) is 14.8 Å². The number of rotatable bonds is 8. The highest BCUT2D eigenvalue weighted by molar-refractivity contribution is 6.06. The SMILES string of the molecule is CCCCOc1ccc(C(=O)Nc2ccc3cc(CN4CCN(C)CC4)cnc3c2C)cc1. The van der Waals surface area contributed by atoms with Crippen molar-refractivity contribution in [3.05, 3.63) is 65.4 Å². The first-order valence-electron chi connectivity index (χ1n) is 11.9. The zero-order valence-corrected chi connectivity index (χ0v) is 19.9. The Labute approximate surface area is 196 Å². The molecular formula is C27H34N4O2. The summed E-state index contributed by atoms with van der Waals surface area (Å²) in [5, 5.41) is 4.14. The minimum absolute atomic E-state index is 0.135. The van der Waals surface area contributed by atoms with E-state index in [1.165, 1.54) is 5.56 Å². The lowest BCUT2D eigenvalue weighted by Crippen LogP contribution is -2.43. The molecule has 1 N–H and O–H groups in total. The Balaban J connectivity index is 1.42. The van der Waals surface area contributed by atoms with Crippen LogP contribution in [0.5, 0.6) is 5.75 Å². The van der Waals surface area contributed by atoms with E-state index in [9.17, 15) is 4.79 Å². The maximum atomic E-state index is 12.8. The standard InChI is InChI=1S/C27H34N4O2/c1-4-5-16-33-24-9-6-22(7-10-24)27(32)29-25-11-8-23-17-21(18-28-26(23)20(25)2)19-31-14-12-30(3)13-15-31/h6-11,17-18H,4-5,12-16,19H2,1-3H3,(H,29,32). The van der Waals surface area contributed by atoms with Crippen molar-refractivity contribution in [3.63, 3.8) is 0 Å². The topological polar surface area (TPSA) is 57.7 Å². The fourth-order valence-electron chi connectivity index (χ4n) is 4.11. The number of nitrogens with zero attached hydrogens (tertiary/aromatic N) is 3. The number of carbonyl (C=O) groups is 1. The maximum Gasteiger partial charge on any atom is 0.255 e. The highest BCUT2D eigenvalue weighted by Crippen LogP contribution is 2.26. The van der Waals surface area contributed by atoms with E-state index in [2.05, 4.69) is 35.2 Å². The van der Waals surface area contributed by atoms with Crippen LogP contribution < -0.4 is 10.1 Å². The summed E-state index contributed by atoms with van der Waals surface area (Å²) < 4.78 is 5.68. The summed E-state index contributed by atoms with van der Waals surface area (Å²) >= 11 is 0. The highest BCUT2D eigenvalue weighted by Gasteiger charge is 2.15. The summed E-state index contributed by atoms with van der Waals surface area (Å²) in [6, 6.07) is 13.5. The normalized spacial score (nSPS) is 15.0. The summed E-state index contributed by atoms with van der Waals surface area (Å²) in [6.45, 7) is 10.2. The number of carbonyl (C=O) groups excluding carboxylic acids is 1. The van der Waals surface area contributed by atoms with Crippen LogP contribution >= 0.6 is 0 Å². The van der Waals surface area contributed by atoms with E-state index >= 15 is 0 Å². The number of piperazine rings is 1. The van der Waals surface area contributed by atoms with Crippen molar-refractivity contribution in [3.8, 4) is 5.75 Å². The molecule has 0 saturated carbocycles. The Morgan fingerprint density at radius 1 is 1.09 bits per heavy atom. The Hall–Kier alpha value is -2.96. The molecule has 1 fully saturated rings. The summed E-state index contributed by atoms with van der Waals surface area (Å²) in [6.07, 6.45) is 4.09. The van der Waals surface area contributed by atoms with Crippen LogP contribution in [0.4, 0.5) is 5.69 Å². The Morgan fingerprint density at radius 3 is 2.58 bits per heavy atom. The van der Waals surface area contributed by atoms with Gasteiger partial charge in [-0.05, 0) is 67.9 Å². The van der Waals surface area contributed by atoms with E-state index in [1.807, 2.05) is 37.4 Å². The van der Waals surface area contributed by atoms with Crippen molar-refractivity contribution in [2.24, 2.45) is 0 Å². The van der Waals surface area contributed by atoms with Crippen molar-refractivity contribution in [1.29, 1.82) is 0 Å². The number of hydrogen-bond acceptors (Lipinski definition) is 5. The summed E-state index contributed by atoms with van der Waals surface area (Å²) in [5.74, 6) is 0.655. The number of fused-ring (bicyclic) bond motifs is 1. The average Bonchev–Trinajstić information content (AvgIpc) is 2.83. The quantitative estimate of drug-likeness (QED) is 0.508. The number of nitrogens with one attached hydrogen (secondary N) is 1. The molecule has 1 aromatic heterocycles. The second kappa shape index (κ2) is 10.8. The van der Waals surface area contributed by atoms with Crippen molar-refractivity contribution < 1.29 is 9.53 Å². The van der Waals surface area contributed by atoms with E-state index < -0.39 is 0 Å². The molecule has 0 spiro atoms. The van der Waals surface area contributed by atoms with Gasteiger partial charge in [0.25, 0.3) is 5.91 Å². The van der Waals surface area contributed by atoms with E-state index in [-0.39, 0.29) is 5.91 Å². The Kier molecular flexibility index (Phi) is 7.57. The van der Waals surface area contributed by atoms with E-state index in [0.29, 0.717) is 12.2 Å². The van der Waals surface area contributed by atoms with E-state index in [1.54, 1.807) is 12.1 Å². The summed E-state index contributed by atoms with van der Waals surface area (Å²) in [5.41, 5.74) is 4.52. The van der Waals surface area contributed by atoms with Crippen LogP contribution in [0.2, 0.25) is 0 Å². The number of benzene rings is 2. The third kappa shape index (κ3) is 5.89. The van der Waals surface area contributed by atoms with Gasteiger partial charge in [-0.1, -0.05) is 19.4 Å². The molecule has 1 aliphatic rings. The number of pyridine rings is 1. The molecule has 4 rings (SSSR count). The fourth-order valence-corrected chi connectivity index (χ4v) is 4.11. The van der Waals surface area contributed by atoms with Crippen LogP contribution in [-0.4, -0.2) is 60.5 Å². The van der Waals surface area contributed by atoms with Gasteiger partial charge in [-0.25, -0.2) is 0 Å². The first-order valence-corrected chi connectivity index (χ1v) is 11.9. The van der Waals surface area contributed by atoms with Crippen LogP contribution in [0, 0.1) is 6.92 Å². The van der Waals surface area contributed by atoms with Crippen molar-refractivity contribution in [2.45, 2.75) is 33.2 Å². The largest absolute Gasteiger partial charge is 0.494 e. The number of unbranched alkanes of at least 4 members (excludes halogenated alkanes) is 1. The van der Waals surface area contributed by atoms with Gasteiger partial charge in [-0.3, -0.25) is 14.7 Å². The van der Waals surface area contributed by atoms with Crippen LogP contribution in [0.3, 0.4) is 0 Å². The van der Waals surface area contributed by atoms with Crippen LogP contribution in [0.1, 0.15) is 41.3 Å². The lowest BCUT2D eigenvalue weighted by atomic mass is 10.1. The van der Waals surface area contributed by atoms with Gasteiger partial charge in [-0.15, -0.1) is 0 Å². The smallest absolute Gasteiger partial charge is 0.255 e. The number of hydrogen-bond donors (Lipinski definition) is 1. The molecule has 33 heavy (non-hydrogen) atoms. The highest BCUT2D eigenvalue weighted by atomic mass is 16.5. The molecule has 0 atom stereocenters. The molecule has 6 heteroatoms. The number of amides is 1. The second-order valence-electron chi connectivity index (χ2n) is 8.91. The molecule has 3 aromatic rings. The van der Waals surface area contributed by atoms with Crippen LogP contribution in [0.15, 0.2) is 48.7 Å². The van der Waals surface area contributed by atoms with Gasteiger partial charge in [0.05, 0.1) is 12.1 Å². The Morgan fingerprint density at radius 2 is 1.85 bits per heavy atom.